The first kappa shape index (κ1) is 19.0. The minimum atomic E-state index is -0.128. The van der Waals surface area contributed by atoms with E-state index in [4.69, 9.17) is 14.2 Å². The summed E-state index contributed by atoms with van der Waals surface area (Å²) in [5, 5.41) is 10.5. The van der Waals surface area contributed by atoms with Gasteiger partial charge < -0.3 is 19.3 Å². The van der Waals surface area contributed by atoms with E-state index >= 15 is 0 Å². The monoisotopic (exact) mass is 382 g/mol. The van der Waals surface area contributed by atoms with Crippen LogP contribution in [0.3, 0.4) is 0 Å². The summed E-state index contributed by atoms with van der Waals surface area (Å²) in [6.07, 6.45) is 3.77. The fourth-order valence-electron chi connectivity index (χ4n) is 4.27. The lowest BCUT2D eigenvalue weighted by Gasteiger charge is -2.37. The van der Waals surface area contributed by atoms with Crippen molar-refractivity contribution in [2.45, 2.75) is 64.9 Å². The van der Waals surface area contributed by atoms with Gasteiger partial charge in [-0.15, -0.1) is 0 Å². The number of hydrogen-bond acceptors (Lipinski definition) is 4. The second-order valence-electron chi connectivity index (χ2n) is 8.63. The topological polar surface area (TPSA) is 47.9 Å². The maximum Gasteiger partial charge on any atom is 0.129 e. The van der Waals surface area contributed by atoms with Crippen LogP contribution in [0, 0.1) is 6.92 Å². The molecule has 2 aliphatic heterocycles. The number of rotatable bonds is 4. The molecule has 0 aliphatic carbocycles. The van der Waals surface area contributed by atoms with Crippen LogP contribution < -0.4 is 14.2 Å². The Hall–Kier alpha value is -2.36. The molecule has 4 rings (SSSR count). The van der Waals surface area contributed by atoms with Gasteiger partial charge in [0.2, 0.25) is 0 Å². The maximum atomic E-state index is 10.5. The van der Waals surface area contributed by atoms with Crippen molar-refractivity contribution in [3.63, 3.8) is 0 Å². The van der Waals surface area contributed by atoms with E-state index in [-0.39, 0.29) is 17.3 Å². The third-order valence-electron chi connectivity index (χ3n) is 5.75. The first-order valence-corrected chi connectivity index (χ1v) is 10.3. The fourth-order valence-corrected chi connectivity index (χ4v) is 4.27. The molecule has 0 aromatic heterocycles. The number of benzene rings is 2. The molecule has 150 valence electrons. The molecule has 4 heteroatoms. The molecule has 0 saturated heterocycles. The summed E-state index contributed by atoms with van der Waals surface area (Å²) in [7, 11) is 0. The Morgan fingerprint density at radius 1 is 1.21 bits per heavy atom. The number of aryl methyl sites for hydroxylation is 1. The van der Waals surface area contributed by atoms with Crippen molar-refractivity contribution in [2.75, 3.05) is 13.2 Å². The van der Waals surface area contributed by atoms with Crippen LogP contribution >= 0.6 is 0 Å². The summed E-state index contributed by atoms with van der Waals surface area (Å²) < 4.78 is 18.1. The highest BCUT2D eigenvalue weighted by Gasteiger charge is 2.34. The number of hydrogen-bond donors (Lipinski definition) is 1. The fraction of sp³-hybridized carbons (Fsp3) is 0.500. The van der Waals surface area contributed by atoms with Gasteiger partial charge in [0.15, 0.2) is 0 Å². The van der Waals surface area contributed by atoms with Crippen molar-refractivity contribution in [3.8, 4) is 23.0 Å². The summed E-state index contributed by atoms with van der Waals surface area (Å²) >= 11 is 0. The van der Waals surface area contributed by atoms with E-state index in [2.05, 4.69) is 33.8 Å². The number of fused-ring (bicyclic) bond motifs is 3. The molecule has 0 spiro atoms. The standard InChI is InChI=1S/C24H30O4/c1-5-10-26-18-6-7-19(21(25)13-18)17-12-16-11-15(2)22-20(23(16)27-14-17)8-9-24(3,4)28-22/h6-7,11,13,17,25H,5,8-10,12,14H2,1-4H3. The van der Waals surface area contributed by atoms with Crippen molar-refractivity contribution >= 4 is 0 Å². The smallest absolute Gasteiger partial charge is 0.129 e. The van der Waals surface area contributed by atoms with Crippen LogP contribution in [0.5, 0.6) is 23.0 Å². The molecule has 0 amide bonds. The predicted octanol–water partition coefficient (Wildman–Crippen LogP) is 5.31. The number of phenolic OH excluding ortho intramolecular Hbond substituents is 1. The number of phenols is 1. The summed E-state index contributed by atoms with van der Waals surface area (Å²) in [6.45, 7) is 9.68. The molecule has 0 radical (unpaired) electrons. The van der Waals surface area contributed by atoms with E-state index in [1.165, 1.54) is 16.7 Å². The summed E-state index contributed by atoms with van der Waals surface area (Å²) in [4.78, 5) is 0. The van der Waals surface area contributed by atoms with E-state index in [9.17, 15) is 5.11 Å². The normalized spacial score (nSPS) is 19.8. The van der Waals surface area contributed by atoms with Gasteiger partial charge >= 0.3 is 0 Å². The molecule has 0 fully saturated rings. The average molecular weight is 383 g/mol. The van der Waals surface area contributed by atoms with Gasteiger partial charge in [0.25, 0.3) is 0 Å². The summed E-state index contributed by atoms with van der Waals surface area (Å²) in [6, 6.07) is 7.82. The van der Waals surface area contributed by atoms with Crippen LogP contribution in [0.1, 0.15) is 61.8 Å². The molecule has 2 aromatic carbocycles. The second-order valence-corrected chi connectivity index (χ2v) is 8.63. The minimum Gasteiger partial charge on any atom is -0.508 e. The lowest BCUT2D eigenvalue weighted by molar-refractivity contribution is 0.0816. The summed E-state index contributed by atoms with van der Waals surface area (Å²) in [5.41, 5.74) is 4.37. The van der Waals surface area contributed by atoms with Crippen molar-refractivity contribution in [2.24, 2.45) is 0 Å². The molecule has 1 unspecified atom stereocenters. The van der Waals surface area contributed by atoms with Crippen LogP contribution in [0.15, 0.2) is 24.3 Å². The van der Waals surface area contributed by atoms with Gasteiger partial charge in [-0.3, -0.25) is 0 Å². The van der Waals surface area contributed by atoms with Crippen molar-refractivity contribution in [3.05, 3.63) is 46.5 Å². The number of ether oxygens (including phenoxy) is 3. The molecule has 0 bridgehead atoms. The quantitative estimate of drug-likeness (QED) is 0.778. The Labute approximate surface area is 167 Å². The average Bonchev–Trinajstić information content (AvgIpc) is 2.66. The van der Waals surface area contributed by atoms with E-state index in [1.54, 1.807) is 6.07 Å². The SMILES string of the molecule is CCCOc1ccc(C2COc3c(cc(C)c4c3CCC(C)(C)O4)C2)c(O)c1. The van der Waals surface area contributed by atoms with Crippen molar-refractivity contribution < 1.29 is 19.3 Å². The first-order chi connectivity index (χ1) is 13.4. The molecule has 4 nitrogen and oxygen atoms in total. The summed E-state index contributed by atoms with van der Waals surface area (Å²) in [5.74, 6) is 3.12. The van der Waals surface area contributed by atoms with Gasteiger partial charge in [-0.25, -0.2) is 0 Å². The largest absolute Gasteiger partial charge is 0.508 e. The highest BCUT2D eigenvalue weighted by molar-refractivity contribution is 5.57. The maximum absolute atomic E-state index is 10.5. The van der Waals surface area contributed by atoms with E-state index in [0.717, 1.165) is 42.7 Å². The van der Waals surface area contributed by atoms with Crippen LogP contribution in [0.2, 0.25) is 0 Å². The molecule has 2 heterocycles. The van der Waals surface area contributed by atoms with Crippen molar-refractivity contribution in [1.82, 2.24) is 0 Å². The molecular formula is C24H30O4. The van der Waals surface area contributed by atoms with Gasteiger partial charge in [-0.05, 0) is 69.7 Å². The first-order valence-electron chi connectivity index (χ1n) is 10.3. The molecular weight excluding hydrogens is 352 g/mol. The Morgan fingerprint density at radius 2 is 2.04 bits per heavy atom. The van der Waals surface area contributed by atoms with Gasteiger partial charge in [-0.2, -0.15) is 0 Å². The highest BCUT2D eigenvalue weighted by Crippen LogP contribution is 2.46. The molecule has 2 aliphatic rings. The zero-order valence-corrected chi connectivity index (χ0v) is 17.3. The van der Waals surface area contributed by atoms with Gasteiger partial charge in [0.1, 0.15) is 28.6 Å². The van der Waals surface area contributed by atoms with Gasteiger partial charge in [-0.1, -0.05) is 13.0 Å². The minimum absolute atomic E-state index is 0.128. The molecule has 28 heavy (non-hydrogen) atoms. The van der Waals surface area contributed by atoms with E-state index in [0.29, 0.717) is 19.0 Å². The molecule has 1 atom stereocenters. The Kier molecular flexibility index (Phi) is 4.90. The third kappa shape index (κ3) is 3.52. The van der Waals surface area contributed by atoms with Crippen LogP contribution in [0.25, 0.3) is 0 Å². The van der Waals surface area contributed by atoms with E-state index < -0.39 is 0 Å². The lowest BCUT2D eigenvalue weighted by atomic mass is 9.85. The van der Waals surface area contributed by atoms with Crippen LogP contribution in [-0.4, -0.2) is 23.9 Å². The highest BCUT2D eigenvalue weighted by atomic mass is 16.5. The van der Waals surface area contributed by atoms with E-state index in [1.807, 2.05) is 12.1 Å². The Bertz CT molecular complexity index is 885. The molecule has 1 N–H and O–H groups in total. The molecule has 2 aromatic rings. The second kappa shape index (κ2) is 7.23. The van der Waals surface area contributed by atoms with Crippen molar-refractivity contribution in [1.29, 1.82) is 0 Å². The zero-order chi connectivity index (χ0) is 19.9. The van der Waals surface area contributed by atoms with Gasteiger partial charge in [0.05, 0.1) is 13.2 Å². The number of aromatic hydroxyl groups is 1. The zero-order valence-electron chi connectivity index (χ0n) is 17.3. The Balaban J connectivity index is 1.60. The van der Waals surface area contributed by atoms with Gasteiger partial charge in [0, 0.05) is 23.1 Å². The molecule has 0 saturated carbocycles. The van der Waals surface area contributed by atoms with Crippen LogP contribution in [-0.2, 0) is 12.8 Å². The predicted molar refractivity (Wildman–Crippen MR) is 110 cm³/mol. The third-order valence-corrected chi connectivity index (χ3v) is 5.75. The Morgan fingerprint density at radius 3 is 2.79 bits per heavy atom. The van der Waals surface area contributed by atoms with Crippen LogP contribution in [0.4, 0.5) is 0 Å². The lowest BCUT2D eigenvalue weighted by Crippen LogP contribution is -2.34.